The van der Waals surface area contributed by atoms with Crippen LogP contribution in [0.5, 0.6) is 11.5 Å². The quantitative estimate of drug-likeness (QED) is 0.181. The highest BCUT2D eigenvalue weighted by Crippen LogP contribution is 2.41. The first-order valence-electron chi connectivity index (χ1n) is 8.05. The maximum absolute atomic E-state index is 12.0. The van der Waals surface area contributed by atoms with E-state index >= 15 is 0 Å². The minimum absolute atomic E-state index is 0.0945. The van der Waals surface area contributed by atoms with E-state index in [0.29, 0.717) is 14.5 Å². The maximum atomic E-state index is 12.0. The van der Waals surface area contributed by atoms with Gasteiger partial charge in [0.1, 0.15) is 5.57 Å². The number of nitro benzene ring substituents is 2. The number of halogens is 2. The van der Waals surface area contributed by atoms with Crippen molar-refractivity contribution >= 4 is 78.5 Å². The molecule has 2 N–H and O–H groups in total. The zero-order chi connectivity index (χ0) is 22.9. The summed E-state index contributed by atoms with van der Waals surface area (Å²) in [5.41, 5.74) is -0.794. The number of carbonyl (C=O) groups is 2. The second-order valence-electron chi connectivity index (χ2n) is 5.88. The summed E-state index contributed by atoms with van der Waals surface area (Å²) in [6, 6.07) is 6.01. The van der Waals surface area contributed by atoms with Crippen molar-refractivity contribution in [1.29, 1.82) is 0 Å². The van der Waals surface area contributed by atoms with Gasteiger partial charge in [-0.2, -0.15) is 0 Å². The van der Waals surface area contributed by atoms with Crippen LogP contribution in [0.25, 0.3) is 6.08 Å². The first kappa shape index (κ1) is 22.5. The number of ether oxygens (including phenoxy) is 1. The Balaban J connectivity index is 1.97. The summed E-state index contributed by atoms with van der Waals surface area (Å²) in [7, 11) is 0. The molecule has 0 radical (unpaired) electrons. The fraction of sp³-hybridized carbons (Fsp3) is 0. The molecule has 3 rings (SSSR count). The molecule has 0 saturated carbocycles. The van der Waals surface area contributed by atoms with Gasteiger partial charge >= 0.3 is 5.69 Å². The third kappa shape index (κ3) is 4.92. The van der Waals surface area contributed by atoms with Gasteiger partial charge in [-0.05, 0) is 73.9 Å². The summed E-state index contributed by atoms with van der Waals surface area (Å²) in [4.78, 5) is 44.6. The van der Waals surface area contributed by atoms with Gasteiger partial charge in [0.25, 0.3) is 17.5 Å². The molecule has 0 aromatic heterocycles. The number of nitrogens with one attached hydrogen (secondary N) is 2. The lowest BCUT2D eigenvalue weighted by molar-refractivity contribution is -0.394. The Labute approximate surface area is 195 Å². The Hall–Kier alpha value is -3.23. The number of rotatable bonds is 5. The summed E-state index contributed by atoms with van der Waals surface area (Å²) in [5.74, 6) is -1.41. The highest BCUT2D eigenvalue weighted by Gasteiger charge is 2.26. The number of hydrogen-bond donors (Lipinski definition) is 2. The van der Waals surface area contributed by atoms with E-state index in [-0.39, 0.29) is 22.2 Å². The van der Waals surface area contributed by atoms with E-state index in [2.05, 4.69) is 42.5 Å². The van der Waals surface area contributed by atoms with E-state index in [9.17, 15) is 29.8 Å². The predicted molar refractivity (Wildman–Crippen MR) is 119 cm³/mol. The van der Waals surface area contributed by atoms with E-state index < -0.39 is 33.0 Å². The number of benzene rings is 2. The van der Waals surface area contributed by atoms with Gasteiger partial charge in [0, 0.05) is 6.07 Å². The average Bonchev–Trinajstić information content (AvgIpc) is 2.67. The minimum Gasteiger partial charge on any atom is -0.448 e. The summed E-state index contributed by atoms with van der Waals surface area (Å²) in [5, 5.41) is 26.7. The molecule has 2 aromatic rings. The van der Waals surface area contributed by atoms with Crippen LogP contribution in [0, 0.1) is 20.2 Å². The lowest BCUT2D eigenvalue weighted by Crippen LogP contribution is -2.51. The first-order valence-corrected chi connectivity index (χ1v) is 10.0. The van der Waals surface area contributed by atoms with Gasteiger partial charge in [-0.25, -0.2) is 0 Å². The van der Waals surface area contributed by atoms with Crippen LogP contribution in [-0.4, -0.2) is 26.8 Å². The first-order chi connectivity index (χ1) is 14.6. The smallest absolute Gasteiger partial charge is 0.318 e. The van der Waals surface area contributed by atoms with Crippen molar-refractivity contribution in [1.82, 2.24) is 10.6 Å². The molecule has 14 heteroatoms. The van der Waals surface area contributed by atoms with Crippen LogP contribution in [0.3, 0.4) is 0 Å². The molecule has 0 unspecified atom stereocenters. The molecule has 0 atom stereocenters. The van der Waals surface area contributed by atoms with Crippen molar-refractivity contribution in [2.24, 2.45) is 0 Å². The molecule has 1 saturated heterocycles. The molecular weight excluding hydrogens is 564 g/mol. The normalized spacial score (nSPS) is 13.4. The van der Waals surface area contributed by atoms with E-state index in [1.807, 2.05) is 0 Å². The van der Waals surface area contributed by atoms with Crippen molar-refractivity contribution in [3.05, 3.63) is 70.6 Å². The summed E-state index contributed by atoms with van der Waals surface area (Å²) < 4.78 is 6.27. The predicted octanol–water partition coefficient (Wildman–Crippen LogP) is 3.73. The van der Waals surface area contributed by atoms with Crippen LogP contribution in [0.4, 0.5) is 11.4 Å². The number of carbonyl (C=O) groups excluding carboxylic acids is 2. The molecule has 0 bridgehead atoms. The Morgan fingerprint density at radius 3 is 2.06 bits per heavy atom. The van der Waals surface area contributed by atoms with Crippen LogP contribution < -0.4 is 15.4 Å². The molecule has 158 valence electrons. The van der Waals surface area contributed by atoms with Gasteiger partial charge < -0.3 is 4.74 Å². The molecule has 2 aromatic carbocycles. The molecule has 11 nitrogen and oxygen atoms in total. The number of amides is 2. The van der Waals surface area contributed by atoms with Crippen LogP contribution in [-0.2, 0) is 9.59 Å². The SMILES string of the molecule is O=C1NC(=S)NC(=O)C1=Cc1cc(Br)c(Oc2ccc([N+](=O)[O-])cc2[N+](=O)[O-])c(Br)c1. The van der Waals surface area contributed by atoms with Crippen molar-refractivity contribution in [2.75, 3.05) is 0 Å². The van der Waals surface area contributed by atoms with Gasteiger partial charge in [-0.3, -0.25) is 40.5 Å². The molecule has 31 heavy (non-hydrogen) atoms. The number of hydrogen-bond acceptors (Lipinski definition) is 8. The fourth-order valence-corrected chi connectivity index (χ4v) is 4.06. The Morgan fingerprint density at radius 1 is 0.968 bits per heavy atom. The highest BCUT2D eigenvalue weighted by molar-refractivity contribution is 9.11. The Morgan fingerprint density at radius 2 is 1.55 bits per heavy atom. The standard InChI is InChI=1S/C17H8Br2N4O7S/c18-10-4-7(3-9-15(24)20-17(31)21-16(9)25)5-11(19)14(10)30-13-2-1-8(22(26)27)6-12(13)23(28)29/h1-6H,(H2,20,21,24,25,31). The molecule has 2 amide bonds. The van der Waals surface area contributed by atoms with Gasteiger partial charge in [0.2, 0.25) is 5.75 Å². The van der Waals surface area contributed by atoms with E-state index in [1.165, 1.54) is 18.2 Å². The van der Waals surface area contributed by atoms with Crippen molar-refractivity contribution in [3.8, 4) is 11.5 Å². The lowest BCUT2D eigenvalue weighted by atomic mass is 10.1. The summed E-state index contributed by atoms with van der Waals surface area (Å²) >= 11 is 11.3. The van der Waals surface area contributed by atoms with Gasteiger partial charge in [-0.15, -0.1) is 0 Å². The molecule has 0 spiro atoms. The molecule has 0 aliphatic carbocycles. The Kier molecular flexibility index (Phi) is 6.42. The van der Waals surface area contributed by atoms with Crippen LogP contribution in [0.1, 0.15) is 5.56 Å². The van der Waals surface area contributed by atoms with Crippen molar-refractivity contribution < 1.29 is 24.2 Å². The molecule has 1 heterocycles. The van der Waals surface area contributed by atoms with Crippen molar-refractivity contribution in [3.63, 3.8) is 0 Å². The van der Waals surface area contributed by atoms with Gasteiger partial charge in [0.15, 0.2) is 10.9 Å². The summed E-state index contributed by atoms with van der Waals surface area (Å²) in [6.45, 7) is 0. The maximum Gasteiger partial charge on any atom is 0.318 e. The molecular formula is C17H8Br2N4O7S. The minimum atomic E-state index is -0.798. The van der Waals surface area contributed by atoms with Crippen LogP contribution in [0.15, 0.2) is 44.9 Å². The van der Waals surface area contributed by atoms with E-state index in [4.69, 9.17) is 17.0 Å². The topological polar surface area (TPSA) is 154 Å². The molecule has 1 aliphatic rings. The van der Waals surface area contributed by atoms with Gasteiger partial charge in [-0.1, -0.05) is 0 Å². The average molecular weight is 572 g/mol. The van der Waals surface area contributed by atoms with Crippen molar-refractivity contribution in [2.45, 2.75) is 0 Å². The largest absolute Gasteiger partial charge is 0.448 e. The number of nitrogens with zero attached hydrogens (tertiary/aromatic N) is 2. The van der Waals surface area contributed by atoms with Crippen LogP contribution in [0.2, 0.25) is 0 Å². The van der Waals surface area contributed by atoms with Crippen LogP contribution >= 0.6 is 44.1 Å². The number of non-ortho nitro benzene ring substituents is 1. The summed E-state index contributed by atoms with van der Waals surface area (Å²) in [6.07, 6.45) is 1.32. The zero-order valence-corrected chi connectivity index (χ0v) is 18.9. The second kappa shape index (κ2) is 8.87. The fourth-order valence-electron chi connectivity index (χ4n) is 2.49. The van der Waals surface area contributed by atoms with E-state index in [0.717, 1.165) is 18.2 Å². The Bertz CT molecular complexity index is 1170. The monoisotopic (exact) mass is 570 g/mol. The van der Waals surface area contributed by atoms with Gasteiger partial charge in [0.05, 0.1) is 24.9 Å². The zero-order valence-electron chi connectivity index (χ0n) is 14.9. The number of thiocarbonyl (C=S) groups is 1. The number of nitro groups is 2. The lowest BCUT2D eigenvalue weighted by Gasteiger charge is -2.16. The highest BCUT2D eigenvalue weighted by atomic mass is 79.9. The third-order valence-corrected chi connectivity index (χ3v) is 5.22. The second-order valence-corrected chi connectivity index (χ2v) is 7.99. The molecule has 1 fully saturated rings. The molecule has 1 aliphatic heterocycles. The van der Waals surface area contributed by atoms with E-state index in [1.54, 1.807) is 0 Å². The third-order valence-electron chi connectivity index (χ3n) is 3.84.